The average Bonchev–Trinajstić information content (AvgIpc) is 3.02. The number of carbonyl (C=O) groups is 1. The van der Waals surface area contributed by atoms with Crippen molar-refractivity contribution in [2.75, 3.05) is 0 Å². The lowest BCUT2D eigenvalue weighted by atomic mass is 9.85. The van der Waals surface area contributed by atoms with Crippen molar-refractivity contribution < 1.29 is 14.6 Å². The number of aromatic nitrogens is 3. The van der Waals surface area contributed by atoms with Crippen LogP contribution in [-0.4, -0.2) is 26.1 Å². The van der Waals surface area contributed by atoms with Crippen LogP contribution in [0.5, 0.6) is 5.75 Å². The van der Waals surface area contributed by atoms with E-state index in [9.17, 15) is 9.90 Å². The number of benzene rings is 2. The highest BCUT2D eigenvalue weighted by atomic mass is 35.5. The summed E-state index contributed by atoms with van der Waals surface area (Å²) in [5, 5.41) is 20.2. The molecule has 3 rings (SSSR count). The minimum Gasteiger partial charge on any atom is -0.505 e. The van der Waals surface area contributed by atoms with E-state index < -0.39 is 5.97 Å². The van der Waals surface area contributed by atoms with Gasteiger partial charge in [0.1, 0.15) is 29.1 Å². The number of halogens is 1. The van der Waals surface area contributed by atoms with Gasteiger partial charge in [-0.3, -0.25) is 0 Å². The first kappa shape index (κ1) is 19.9. The SMILES string of the molecule is C=C(C)C(=O)OCc1cc(C(C)(C)C)cc(-n2nc3ccc(Cl)cc3n2)c1O. The van der Waals surface area contributed by atoms with Crippen LogP contribution in [0.25, 0.3) is 16.7 Å². The number of aromatic hydroxyl groups is 1. The van der Waals surface area contributed by atoms with Gasteiger partial charge in [-0.05, 0) is 48.2 Å². The minimum atomic E-state index is -0.514. The average molecular weight is 400 g/mol. The number of rotatable bonds is 4. The molecule has 1 N–H and O–H groups in total. The molecule has 0 aliphatic rings. The third kappa shape index (κ3) is 4.02. The Morgan fingerprint density at radius 3 is 2.54 bits per heavy atom. The Labute approximate surface area is 168 Å². The van der Waals surface area contributed by atoms with Crippen molar-refractivity contribution in [1.82, 2.24) is 15.0 Å². The Morgan fingerprint density at radius 2 is 1.89 bits per heavy atom. The molecule has 1 aromatic heterocycles. The number of esters is 1. The second-order valence-electron chi connectivity index (χ2n) is 7.73. The van der Waals surface area contributed by atoms with Gasteiger partial charge in [0.15, 0.2) is 0 Å². The number of hydrogen-bond donors (Lipinski definition) is 1. The number of hydrogen-bond acceptors (Lipinski definition) is 5. The molecule has 0 saturated heterocycles. The molecule has 0 spiro atoms. The van der Waals surface area contributed by atoms with E-state index in [1.807, 2.05) is 12.1 Å². The van der Waals surface area contributed by atoms with Crippen LogP contribution >= 0.6 is 11.6 Å². The summed E-state index contributed by atoms with van der Waals surface area (Å²) in [7, 11) is 0. The highest BCUT2D eigenvalue weighted by molar-refractivity contribution is 6.31. The maximum atomic E-state index is 11.8. The van der Waals surface area contributed by atoms with Gasteiger partial charge in [0.2, 0.25) is 0 Å². The number of nitrogens with zero attached hydrogens (tertiary/aromatic N) is 3. The maximum absolute atomic E-state index is 11.8. The molecule has 0 bridgehead atoms. The van der Waals surface area contributed by atoms with Crippen molar-refractivity contribution in [2.45, 2.75) is 39.7 Å². The quantitative estimate of drug-likeness (QED) is 0.508. The molecule has 0 atom stereocenters. The number of carbonyl (C=O) groups excluding carboxylic acids is 1. The first-order valence-corrected chi connectivity index (χ1v) is 9.16. The summed E-state index contributed by atoms with van der Waals surface area (Å²) in [4.78, 5) is 13.1. The fraction of sp³-hybridized carbons (Fsp3) is 0.286. The summed E-state index contributed by atoms with van der Waals surface area (Å²) in [6, 6.07) is 8.86. The fourth-order valence-electron chi connectivity index (χ4n) is 2.64. The van der Waals surface area contributed by atoms with Gasteiger partial charge in [-0.1, -0.05) is 39.0 Å². The number of phenols is 1. The predicted molar refractivity (Wildman–Crippen MR) is 109 cm³/mol. The van der Waals surface area contributed by atoms with Gasteiger partial charge in [-0.2, -0.15) is 0 Å². The van der Waals surface area contributed by atoms with Crippen LogP contribution in [-0.2, 0) is 21.6 Å². The molecule has 0 amide bonds. The van der Waals surface area contributed by atoms with Crippen molar-refractivity contribution in [3.05, 3.63) is 58.6 Å². The molecule has 0 aliphatic heterocycles. The van der Waals surface area contributed by atoms with Crippen LogP contribution in [0.2, 0.25) is 5.02 Å². The smallest absolute Gasteiger partial charge is 0.333 e. The fourth-order valence-corrected chi connectivity index (χ4v) is 2.80. The number of fused-ring (bicyclic) bond motifs is 1. The third-order valence-corrected chi connectivity index (χ3v) is 4.53. The summed E-state index contributed by atoms with van der Waals surface area (Å²) < 4.78 is 5.24. The maximum Gasteiger partial charge on any atom is 0.333 e. The van der Waals surface area contributed by atoms with Gasteiger partial charge in [0, 0.05) is 16.2 Å². The predicted octanol–water partition coefficient (Wildman–Crippen LogP) is 4.70. The lowest BCUT2D eigenvalue weighted by Gasteiger charge is -2.22. The van der Waals surface area contributed by atoms with Crippen molar-refractivity contribution in [3.63, 3.8) is 0 Å². The second kappa shape index (κ2) is 7.28. The first-order chi connectivity index (χ1) is 13.1. The highest BCUT2D eigenvalue weighted by Gasteiger charge is 2.21. The normalized spacial score (nSPS) is 11.6. The number of phenolic OH excluding ortho intramolecular Hbond substituents is 1. The summed E-state index contributed by atoms with van der Waals surface area (Å²) in [6.07, 6.45) is 0. The summed E-state index contributed by atoms with van der Waals surface area (Å²) >= 11 is 6.03. The third-order valence-electron chi connectivity index (χ3n) is 4.30. The van der Waals surface area contributed by atoms with Crippen LogP contribution in [0.4, 0.5) is 0 Å². The van der Waals surface area contributed by atoms with Crippen LogP contribution in [0.3, 0.4) is 0 Å². The molecule has 0 unspecified atom stereocenters. The molecular weight excluding hydrogens is 378 g/mol. The standard InChI is InChI=1S/C21H22ClN3O3/c1-12(2)20(27)28-11-13-8-14(21(3,4)5)9-18(19(13)26)25-23-16-7-6-15(22)10-17(16)24-25/h6-10,26H,1,11H2,2-5H3. The first-order valence-electron chi connectivity index (χ1n) is 8.78. The van der Waals surface area contributed by atoms with E-state index in [2.05, 4.69) is 37.5 Å². The van der Waals surface area contributed by atoms with E-state index in [0.29, 0.717) is 32.9 Å². The van der Waals surface area contributed by atoms with Crippen LogP contribution in [0.15, 0.2) is 42.5 Å². The lowest BCUT2D eigenvalue weighted by molar-refractivity contribution is -0.140. The van der Waals surface area contributed by atoms with Gasteiger partial charge < -0.3 is 9.84 Å². The van der Waals surface area contributed by atoms with Crippen LogP contribution in [0.1, 0.15) is 38.8 Å². The molecule has 0 aliphatic carbocycles. The Bertz CT molecular complexity index is 1080. The Kier molecular flexibility index (Phi) is 5.17. The molecular formula is C21H22ClN3O3. The molecule has 146 valence electrons. The minimum absolute atomic E-state index is 0.0473. The van der Waals surface area contributed by atoms with E-state index in [1.165, 1.54) is 4.80 Å². The second-order valence-corrected chi connectivity index (χ2v) is 8.17. The monoisotopic (exact) mass is 399 g/mol. The topological polar surface area (TPSA) is 77.2 Å². The zero-order valence-corrected chi connectivity index (χ0v) is 17.0. The molecule has 0 saturated carbocycles. The van der Waals surface area contributed by atoms with Crippen molar-refractivity contribution >= 4 is 28.6 Å². The van der Waals surface area contributed by atoms with E-state index in [4.69, 9.17) is 16.3 Å². The Morgan fingerprint density at radius 1 is 1.21 bits per heavy atom. The molecule has 0 fully saturated rings. The molecule has 3 aromatic rings. The number of ether oxygens (including phenoxy) is 1. The largest absolute Gasteiger partial charge is 0.505 e. The summed E-state index contributed by atoms with van der Waals surface area (Å²) in [5.74, 6) is -0.561. The van der Waals surface area contributed by atoms with E-state index in [0.717, 1.165) is 5.56 Å². The van der Waals surface area contributed by atoms with Crippen LogP contribution < -0.4 is 0 Å². The molecule has 2 aromatic carbocycles. The van der Waals surface area contributed by atoms with Gasteiger partial charge in [-0.15, -0.1) is 15.0 Å². The van der Waals surface area contributed by atoms with Gasteiger partial charge in [-0.25, -0.2) is 4.79 Å². The Hall–Kier alpha value is -2.86. The summed E-state index contributed by atoms with van der Waals surface area (Å²) in [6.45, 7) is 11.2. The van der Waals surface area contributed by atoms with E-state index >= 15 is 0 Å². The molecule has 28 heavy (non-hydrogen) atoms. The zero-order chi connectivity index (χ0) is 20.6. The van der Waals surface area contributed by atoms with Crippen molar-refractivity contribution in [1.29, 1.82) is 0 Å². The van der Waals surface area contributed by atoms with Gasteiger partial charge in [0.25, 0.3) is 0 Å². The molecule has 0 radical (unpaired) electrons. The summed E-state index contributed by atoms with van der Waals surface area (Å²) in [5.41, 5.74) is 3.18. The van der Waals surface area contributed by atoms with Crippen molar-refractivity contribution in [2.24, 2.45) is 0 Å². The zero-order valence-electron chi connectivity index (χ0n) is 16.3. The van der Waals surface area contributed by atoms with E-state index in [1.54, 1.807) is 25.1 Å². The van der Waals surface area contributed by atoms with E-state index in [-0.39, 0.29) is 17.8 Å². The molecule has 1 heterocycles. The van der Waals surface area contributed by atoms with Crippen LogP contribution in [0, 0.1) is 0 Å². The lowest BCUT2D eigenvalue weighted by Crippen LogP contribution is -2.14. The van der Waals surface area contributed by atoms with Gasteiger partial charge >= 0.3 is 5.97 Å². The molecule has 7 heteroatoms. The Balaban J connectivity index is 2.11. The van der Waals surface area contributed by atoms with Crippen molar-refractivity contribution in [3.8, 4) is 11.4 Å². The molecule has 6 nitrogen and oxygen atoms in total. The highest BCUT2D eigenvalue weighted by Crippen LogP contribution is 2.34. The van der Waals surface area contributed by atoms with Gasteiger partial charge in [0.05, 0.1) is 0 Å².